The Hall–Kier alpha value is -1.36. The Labute approximate surface area is 135 Å². The minimum absolute atomic E-state index is 0.0620. The molecular weight excluding hydrogens is 296 g/mol. The van der Waals surface area contributed by atoms with Gasteiger partial charge in [-0.1, -0.05) is 25.3 Å². The summed E-state index contributed by atoms with van der Waals surface area (Å²) in [5.41, 5.74) is 5.08. The maximum Gasteiger partial charge on any atom is 0.234 e. The zero-order valence-electron chi connectivity index (χ0n) is 12.9. The molecular formula is C17H24N2O2S. The molecule has 1 aliphatic carbocycles. The molecule has 0 bridgehead atoms. The van der Waals surface area contributed by atoms with Gasteiger partial charge in [0.25, 0.3) is 0 Å². The van der Waals surface area contributed by atoms with Gasteiger partial charge in [-0.25, -0.2) is 0 Å². The zero-order chi connectivity index (χ0) is 15.6. The largest absolute Gasteiger partial charge is 0.369 e. The van der Waals surface area contributed by atoms with Gasteiger partial charge in [-0.15, -0.1) is 11.3 Å². The maximum absolute atomic E-state index is 13.3. The van der Waals surface area contributed by atoms with Gasteiger partial charge in [0.15, 0.2) is 0 Å². The topological polar surface area (TPSA) is 63.4 Å². The van der Waals surface area contributed by atoms with Crippen molar-refractivity contribution in [2.75, 3.05) is 13.1 Å². The Bertz CT molecular complexity index is 527. The van der Waals surface area contributed by atoms with Gasteiger partial charge in [0.05, 0.1) is 5.41 Å². The van der Waals surface area contributed by atoms with Crippen LogP contribution in [0, 0.1) is 5.92 Å². The minimum atomic E-state index is -0.314. The first-order chi connectivity index (χ1) is 10.6. The van der Waals surface area contributed by atoms with Crippen molar-refractivity contribution >= 4 is 23.2 Å². The van der Waals surface area contributed by atoms with Crippen LogP contribution in [0.4, 0.5) is 0 Å². The van der Waals surface area contributed by atoms with Crippen molar-refractivity contribution in [2.45, 2.75) is 50.4 Å². The summed E-state index contributed by atoms with van der Waals surface area (Å²) in [4.78, 5) is 27.8. The number of carbonyl (C=O) groups excluding carboxylic acids is 2. The Balaban J connectivity index is 1.78. The number of hydrogen-bond donors (Lipinski definition) is 1. The normalized spacial score (nSPS) is 22.5. The molecule has 0 atom stereocenters. The van der Waals surface area contributed by atoms with Crippen LogP contribution in [0.1, 0.15) is 49.8 Å². The number of hydrogen-bond acceptors (Lipinski definition) is 3. The van der Waals surface area contributed by atoms with Gasteiger partial charge in [0, 0.05) is 23.9 Å². The van der Waals surface area contributed by atoms with Crippen LogP contribution < -0.4 is 5.73 Å². The zero-order valence-corrected chi connectivity index (χ0v) is 13.7. The third-order valence-electron chi connectivity index (χ3n) is 5.29. The molecule has 0 spiro atoms. The highest BCUT2D eigenvalue weighted by atomic mass is 32.1. The van der Waals surface area contributed by atoms with Crippen molar-refractivity contribution < 1.29 is 9.59 Å². The number of amides is 2. The molecule has 1 saturated heterocycles. The minimum Gasteiger partial charge on any atom is -0.369 e. The van der Waals surface area contributed by atoms with Crippen LogP contribution in [0.15, 0.2) is 17.5 Å². The average molecular weight is 320 g/mol. The van der Waals surface area contributed by atoms with E-state index in [1.54, 1.807) is 11.3 Å². The Morgan fingerprint density at radius 2 is 1.86 bits per heavy atom. The highest BCUT2D eigenvalue weighted by molar-refractivity contribution is 7.10. The standard InChI is InChI=1S/C17H24N2O2S/c18-15(20)13-6-10-19(11-7-13)16(21)17(8-2-1-3-9-17)14-5-4-12-22-14/h4-5,12-13H,1-3,6-11H2,(H2,18,20). The summed E-state index contributed by atoms with van der Waals surface area (Å²) in [6, 6.07) is 4.16. The van der Waals surface area contributed by atoms with Crippen LogP contribution in [0.3, 0.4) is 0 Å². The van der Waals surface area contributed by atoms with Crippen LogP contribution in [-0.2, 0) is 15.0 Å². The number of rotatable bonds is 3. The fraction of sp³-hybridized carbons (Fsp3) is 0.647. The van der Waals surface area contributed by atoms with E-state index in [0.717, 1.165) is 25.7 Å². The average Bonchev–Trinajstić information content (AvgIpc) is 3.10. The number of thiophene rings is 1. The lowest BCUT2D eigenvalue weighted by Crippen LogP contribution is -2.51. The van der Waals surface area contributed by atoms with Crippen LogP contribution in [0.2, 0.25) is 0 Å². The lowest BCUT2D eigenvalue weighted by molar-refractivity contribution is -0.141. The lowest BCUT2D eigenvalue weighted by atomic mass is 9.71. The predicted molar refractivity (Wildman–Crippen MR) is 87.6 cm³/mol. The number of nitrogens with zero attached hydrogens (tertiary/aromatic N) is 1. The molecule has 1 aromatic rings. The first kappa shape index (κ1) is 15.5. The molecule has 4 nitrogen and oxygen atoms in total. The summed E-state index contributed by atoms with van der Waals surface area (Å²) in [7, 11) is 0. The molecule has 1 aromatic heterocycles. The van der Waals surface area contributed by atoms with Crippen molar-refractivity contribution in [3.05, 3.63) is 22.4 Å². The number of nitrogens with two attached hydrogens (primary N) is 1. The Morgan fingerprint density at radius 1 is 1.18 bits per heavy atom. The molecule has 0 unspecified atom stereocenters. The van der Waals surface area contributed by atoms with Crippen LogP contribution in [-0.4, -0.2) is 29.8 Å². The van der Waals surface area contributed by atoms with E-state index in [9.17, 15) is 9.59 Å². The quantitative estimate of drug-likeness (QED) is 0.930. The van der Waals surface area contributed by atoms with Crippen LogP contribution in [0.5, 0.6) is 0 Å². The summed E-state index contributed by atoms with van der Waals surface area (Å²) in [5, 5.41) is 2.07. The second kappa shape index (κ2) is 6.41. The van der Waals surface area contributed by atoms with Crippen molar-refractivity contribution in [1.29, 1.82) is 0 Å². The number of likely N-dealkylation sites (tertiary alicyclic amines) is 1. The monoisotopic (exact) mass is 320 g/mol. The second-order valence-electron chi connectivity index (χ2n) is 6.59. The highest BCUT2D eigenvalue weighted by Gasteiger charge is 2.45. The highest BCUT2D eigenvalue weighted by Crippen LogP contribution is 2.43. The van der Waals surface area contributed by atoms with Gasteiger partial charge in [0.1, 0.15) is 0 Å². The fourth-order valence-corrected chi connectivity index (χ4v) is 4.92. The van der Waals surface area contributed by atoms with E-state index in [0.29, 0.717) is 25.9 Å². The van der Waals surface area contributed by atoms with Gasteiger partial charge >= 0.3 is 0 Å². The summed E-state index contributed by atoms with van der Waals surface area (Å²) in [5.74, 6) is -0.0107. The van der Waals surface area contributed by atoms with Gasteiger partial charge in [-0.2, -0.15) is 0 Å². The summed E-state index contributed by atoms with van der Waals surface area (Å²) in [6.07, 6.45) is 6.82. The van der Waals surface area contributed by atoms with Crippen LogP contribution >= 0.6 is 11.3 Å². The fourth-order valence-electron chi connectivity index (χ4n) is 3.94. The molecule has 0 radical (unpaired) electrons. The van der Waals surface area contributed by atoms with Crippen molar-refractivity contribution in [2.24, 2.45) is 11.7 Å². The number of carbonyl (C=O) groups is 2. The molecule has 1 saturated carbocycles. The van der Waals surface area contributed by atoms with E-state index in [-0.39, 0.29) is 23.1 Å². The van der Waals surface area contributed by atoms with E-state index in [2.05, 4.69) is 11.4 Å². The Morgan fingerprint density at radius 3 is 2.41 bits per heavy atom. The van der Waals surface area contributed by atoms with Crippen molar-refractivity contribution in [3.8, 4) is 0 Å². The molecule has 5 heteroatoms. The first-order valence-electron chi connectivity index (χ1n) is 8.26. The predicted octanol–water partition coefficient (Wildman–Crippen LogP) is 2.67. The van der Waals surface area contributed by atoms with E-state index in [1.165, 1.54) is 11.3 Å². The van der Waals surface area contributed by atoms with Gasteiger partial charge < -0.3 is 10.6 Å². The molecule has 3 rings (SSSR count). The molecule has 2 N–H and O–H groups in total. The van der Waals surface area contributed by atoms with E-state index < -0.39 is 0 Å². The first-order valence-corrected chi connectivity index (χ1v) is 9.14. The molecule has 2 heterocycles. The van der Waals surface area contributed by atoms with Gasteiger partial charge in [-0.05, 0) is 37.1 Å². The van der Waals surface area contributed by atoms with E-state index >= 15 is 0 Å². The van der Waals surface area contributed by atoms with Crippen molar-refractivity contribution in [1.82, 2.24) is 4.90 Å². The summed E-state index contributed by atoms with van der Waals surface area (Å²) < 4.78 is 0. The molecule has 0 aromatic carbocycles. The summed E-state index contributed by atoms with van der Waals surface area (Å²) >= 11 is 1.70. The molecule has 2 amide bonds. The molecule has 2 fully saturated rings. The Kier molecular flexibility index (Phi) is 4.52. The molecule has 2 aliphatic rings. The smallest absolute Gasteiger partial charge is 0.234 e. The van der Waals surface area contributed by atoms with Gasteiger partial charge in [-0.3, -0.25) is 9.59 Å². The number of primary amides is 1. The molecule has 1 aliphatic heterocycles. The third-order valence-corrected chi connectivity index (χ3v) is 6.37. The maximum atomic E-state index is 13.3. The molecule has 22 heavy (non-hydrogen) atoms. The van der Waals surface area contributed by atoms with E-state index in [1.807, 2.05) is 11.0 Å². The SMILES string of the molecule is NC(=O)C1CCN(C(=O)C2(c3cccs3)CCCCC2)CC1. The van der Waals surface area contributed by atoms with Gasteiger partial charge in [0.2, 0.25) is 11.8 Å². The summed E-state index contributed by atoms with van der Waals surface area (Å²) in [6.45, 7) is 1.33. The lowest BCUT2D eigenvalue weighted by Gasteiger charge is -2.41. The van der Waals surface area contributed by atoms with Crippen molar-refractivity contribution in [3.63, 3.8) is 0 Å². The third kappa shape index (κ3) is 2.78. The van der Waals surface area contributed by atoms with E-state index in [4.69, 9.17) is 5.73 Å². The molecule has 120 valence electrons. The second-order valence-corrected chi connectivity index (χ2v) is 7.54. The van der Waals surface area contributed by atoms with Crippen LogP contribution in [0.25, 0.3) is 0 Å². The number of piperidine rings is 1.